The molecule has 0 radical (unpaired) electrons. The van der Waals surface area contributed by atoms with Crippen molar-refractivity contribution < 1.29 is 0 Å². The number of hydrogen-bond donors (Lipinski definition) is 0. The lowest BCUT2D eigenvalue weighted by molar-refractivity contribution is 0.661. The number of benzene rings is 5. The molecule has 0 N–H and O–H groups in total. The molecule has 0 fully saturated rings. The SMILES string of the molecule is CC1(C)c2ccccc2-c2c1ccc1c2c2c3ccccc3cc3c4ccccc4n1c32. The third kappa shape index (κ3) is 1.72. The van der Waals surface area contributed by atoms with Crippen molar-refractivity contribution in [2.75, 3.05) is 0 Å². The summed E-state index contributed by atoms with van der Waals surface area (Å²) >= 11 is 0. The first kappa shape index (κ1) is 16.8. The van der Waals surface area contributed by atoms with Crippen molar-refractivity contribution in [2.45, 2.75) is 19.3 Å². The van der Waals surface area contributed by atoms with Gasteiger partial charge in [-0.05, 0) is 51.2 Å². The number of aromatic nitrogens is 1. The van der Waals surface area contributed by atoms with Gasteiger partial charge < -0.3 is 4.40 Å². The lowest BCUT2D eigenvalue weighted by Gasteiger charge is -2.21. The van der Waals surface area contributed by atoms with Gasteiger partial charge in [0.25, 0.3) is 0 Å². The maximum Gasteiger partial charge on any atom is 0.0627 e. The number of hydrogen-bond acceptors (Lipinski definition) is 0. The standard InChI is InChI=1S/C31H21N/c1-31(2)23-13-7-5-12-21(23)27-24(31)15-16-26-29(27)28-19-10-4-3-9-18(19)17-22-20-11-6-8-14-25(20)32(26)30(22)28/h3-17H,1-2H3. The molecule has 0 amide bonds. The Hall–Kier alpha value is -3.84. The summed E-state index contributed by atoms with van der Waals surface area (Å²) in [5.74, 6) is 0. The summed E-state index contributed by atoms with van der Waals surface area (Å²) in [5.41, 5.74) is 9.65. The number of fused-ring (bicyclic) bond motifs is 12. The monoisotopic (exact) mass is 407 g/mol. The maximum absolute atomic E-state index is 2.51. The van der Waals surface area contributed by atoms with Crippen LogP contribution in [0, 0.1) is 0 Å². The molecule has 1 heteroatoms. The van der Waals surface area contributed by atoms with Gasteiger partial charge in [-0.15, -0.1) is 0 Å². The van der Waals surface area contributed by atoms with Crippen LogP contribution >= 0.6 is 0 Å². The second-order valence-corrected chi connectivity index (χ2v) is 9.77. The second kappa shape index (κ2) is 5.31. The van der Waals surface area contributed by atoms with Gasteiger partial charge in [-0.1, -0.05) is 86.6 Å². The van der Waals surface area contributed by atoms with Crippen molar-refractivity contribution >= 4 is 48.9 Å². The average Bonchev–Trinajstić information content (AvgIpc) is 3.42. The average molecular weight is 408 g/mol. The zero-order valence-corrected chi connectivity index (χ0v) is 18.1. The van der Waals surface area contributed by atoms with Crippen molar-refractivity contribution in [1.82, 2.24) is 4.40 Å². The predicted octanol–water partition coefficient (Wildman–Crippen LogP) is 8.30. The van der Waals surface area contributed by atoms with E-state index < -0.39 is 0 Å². The molecule has 0 aliphatic heterocycles. The molecule has 1 aliphatic rings. The first-order valence-electron chi connectivity index (χ1n) is 11.4. The van der Waals surface area contributed by atoms with Gasteiger partial charge in [0.1, 0.15) is 0 Å². The molecule has 5 aromatic carbocycles. The van der Waals surface area contributed by atoms with E-state index >= 15 is 0 Å². The van der Waals surface area contributed by atoms with E-state index in [2.05, 4.69) is 109 Å². The molecule has 150 valence electrons. The van der Waals surface area contributed by atoms with Gasteiger partial charge in [0.15, 0.2) is 0 Å². The lowest BCUT2D eigenvalue weighted by Crippen LogP contribution is -2.14. The first-order valence-corrected chi connectivity index (χ1v) is 11.4. The van der Waals surface area contributed by atoms with Gasteiger partial charge in [-0.3, -0.25) is 0 Å². The fourth-order valence-corrected chi connectivity index (χ4v) is 6.52. The van der Waals surface area contributed by atoms with Crippen molar-refractivity contribution in [3.8, 4) is 11.1 Å². The van der Waals surface area contributed by atoms with Crippen LogP contribution in [0.15, 0.2) is 91.0 Å². The number of nitrogens with zero attached hydrogens (tertiary/aromatic N) is 1. The van der Waals surface area contributed by atoms with Crippen LogP contribution in [0.2, 0.25) is 0 Å². The molecule has 0 saturated heterocycles. The van der Waals surface area contributed by atoms with E-state index in [-0.39, 0.29) is 5.41 Å². The van der Waals surface area contributed by atoms with Crippen LogP contribution in [-0.4, -0.2) is 4.40 Å². The molecule has 0 saturated carbocycles. The number of para-hydroxylation sites is 1. The van der Waals surface area contributed by atoms with Crippen LogP contribution in [-0.2, 0) is 5.41 Å². The molecule has 0 spiro atoms. The topological polar surface area (TPSA) is 4.41 Å². The van der Waals surface area contributed by atoms with Crippen LogP contribution in [0.3, 0.4) is 0 Å². The van der Waals surface area contributed by atoms with Gasteiger partial charge >= 0.3 is 0 Å². The van der Waals surface area contributed by atoms with E-state index in [0.29, 0.717) is 0 Å². The highest BCUT2D eigenvalue weighted by atomic mass is 14.9. The van der Waals surface area contributed by atoms with Crippen LogP contribution < -0.4 is 0 Å². The Morgan fingerprint density at radius 2 is 1.34 bits per heavy atom. The van der Waals surface area contributed by atoms with Crippen LogP contribution in [0.25, 0.3) is 60.0 Å². The van der Waals surface area contributed by atoms with E-state index in [1.165, 1.54) is 71.1 Å². The minimum atomic E-state index is 0.00395. The van der Waals surface area contributed by atoms with E-state index in [0.717, 1.165) is 0 Å². The molecular formula is C31H21N. The van der Waals surface area contributed by atoms with Gasteiger partial charge in [-0.25, -0.2) is 0 Å². The first-order chi connectivity index (χ1) is 15.7. The second-order valence-electron chi connectivity index (χ2n) is 9.77. The number of rotatable bonds is 0. The summed E-state index contributed by atoms with van der Waals surface area (Å²) in [6.07, 6.45) is 0. The molecule has 1 nitrogen and oxygen atoms in total. The smallest absolute Gasteiger partial charge is 0.0627 e. The Bertz CT molecular complexity index is 1900. The summed E-state index contributed by atoms with van der Waals surface area (Å²) in [5, 5.41) is 8.15. The maximum atomic E-state index is 2.51. The Labute approximate surface area is 185 Å². The molecule has 7 aromatic rings. The van der Waals surface area contributed by atoms with E-state index in [1.54, 1.807) is 0 Å². The fraction of sp³-hybridized carbons (Fsp3) is 0.0968. The van der Waals surface area contributed by atoms with Crippen molar-refractivity contribution in [3.05, 3.63) is 102 Å². The van der Waals surface area contributed by atoms with Gasteiger partial charge in [-0.2, -0.15) is 0 Å². The van der Waals surface area contributed by atoms with Gasteiger partial charge in [0, 0.05) is 27.0 Å². The largest absolute Gasteiger partial charge is 0.308 e. The minimum absolute atomic E-state index is 0.00395. The third-order valence-electron chi connectivity index (χ3n) is 7.90. The van der Waals surface area contributed by atoms with Crippen molar-refractivity contribution in [3.63, 3.8) is 0 Å². The minimum Gasteiger partial charge on any atom is -0.308 e. The zero-order valence-electron chi connectivity index (χ0n) is 18.1. The highest BCUT2D eigenvalue weighted by Gasteiger charge is 2.37. The van der Waals surface area contributed by atoms with E-state index in [4.69, 9.17) is 0 Å². The molecule has 0 atom stereocenters. The molecule has 0 unspecified atom stereocenters. The molecule has 1 aliphatic carbocycles. The summed E-state index contributed by atoms with van der Waals surface area (Å²) in [4.78, 5) is 0. The van der Waals surface area contributed by atoms with E-state index in [9.17, 15) is 0 Å². The summed E-state index contributed by atoms with van der Waals surface area (Å²) < 4.78 is 2.51. The summed E-state index contributed by atoms with van der Waals surface area (Å²) in [6, 6.07) is 33.9. The van der Waals surface area contributed by atoms with Crippen LogP contribution in [0.5, 0.6) is 0 Å². The Morgan fingerprint density at radius 1 is 0.594 bits per heavy atom. The van der Waals surface area contributed by atoms with Crippen molar-refractivity contribution in [1.29, 1.82) is 0 Å². The molecule has 8 rings (SSSR count). The highest BCUT2D eigenvalue weighted by molar-refractivity contribution is 6.33. The molecule has 2 aromatic heterocycles. The fourth-order valence-electron chi connectivity index (χ4n) is 6.52. The Kier molecular flexibility index (Phi) is 2.79. The molecule has 32 heavy (non-hydrogen) atoms. The zero-order chi connectivity index (χ0) is 21.2. The molecular weight excluding hydrogens is 386 g/mol. The Morgan fingerprint density at radius 3 is 2.25 bits per heavy atom. The normalized spacial score (nSPS) is 14.8. The van der Waals surface area contributed by atoms with Crippen molar-refractivity contribution in [2.24, 2.45) is 0 Å². The lowest BCUT2D eigenvalue weighted by atomic mass is 9.82. The molecule has 0 bridgehead atoms. The quantitative estimate of drug-likeness (QED) is 0.238. The van der Waals surface area contributed by atoms with E-state index in [1.807, 2.05) is 0 Å². The van der Waals surface area contributed by atoms with Gasteiger partial charge in [0.05, 0.1) is 16.6 Å². The van der Waals surface area contributed by atoms with Crippen LogP contribution in [0.1, 0.15) is 25.0 Å². The highest BCUT2D eigenvalue weighted by Crippen LogP contribution is 2.54. The van der Waals surface area contributed by atoms with Crippen LogP contribution in [0.4, 0.5) is 0 Å². The third-order valence-corrected chi connectivity index (χ3v) is 7.90. The molecule has 2 heterocycles. The predicted molar refractivity (Wildman–Crippen MR) is 136 cm³/mol. The summed E-state index contributed by atoms with van der Waals surface area (Å²) in [7, 11) is 0. The van der Waals surface area contributed by atoms with Gasteiger partial charge in [0.2, 0.25) is 0 Å². The Balaban J connectivity index is 1.76. The summed E-state index contributed by atoms with van der Waals surface area (Å²) in [6.45, 7) is 4.74.